The monoisotopic (exact) mass is 421 g/mol. The molecule has 1 fully saturated rings. The lowest BCUT2D eigenvalue weighted by atomic mass is 9.89. The summed E-state index contributed by atoms with van der Waals surface area (Å²) in [5, 5.41) is 1.74. The SMILES string of the molecule is Cc1cn2c(C(=O)N3CCC[C@H](C(=O)c4cccc(C(F)(F)F)c4)C3)csc2n1. The number of benzene rings is 1. The first kappa shape index (κ1) is 19.6. The van der Waals surface area contributed by atoms with E-state index >= 15 is 0 Å². The molecule has 1 aliphatic heterocycles. The molecule has 5 nitrogen and oxygen atoms in total. The molecule has 3 heterocycles. The van der Waals surface area contributed by atoms with Crippen molar-refractivity contribution in [3.05, 3.63) is 58.4 Å². The number of piperidine rings is 1. The molecule has 4 rings (SSSR count). The molecule has 3 aromatic rings. The predicted molar refractivity (Wildman–Crippen MR) is 102 cm³/mol. The Labute approximate surface area is 168 Å². The van der Waals surface area contributed by atoms with Gasteiger partial charge in [-0.15, -0.1) is 11.3 Å². The molecule has 152 valence electrons. The molecule has 0 aliphatic carbocycles. The van der Waals surface area contributed by atoms with E-state index in [9.17, 15) is 22.8 Å². The lowest BCUT2D eigenvalue weighted by Gasteiger charge is -2.32. The van der Waals surface area contributed by atoms with Crippen LogP contribution in [0.5, 0.6) is 0 Å². The molecule has 2 aromatic heterocycles. The molecule has 0 N–H and O–H groups in total. The maximum Gasteiger partial charge on any atom is 0.416 e. The fourth-order valence-electron chi connectivity index (χ4n) is 3.67. The Bertz CT molecular complexity index is 1090. The van der Waals surface area contributed by atoms with Crippen molar-refractivity contribution in [3.8, 4) is 0 Å². The first-order valence-corrected chi connectivity index (χ1v) is 10.1. The van der Waals surface area contributed by atoms with E-state index < -0.39 is 17.7 Å². The molecule has 1 atom stereocenters. The van der Waals surface area contributed by atoms with Crippen molar-refractivity contribution in [2.45, 2.75) is 25.9 Å². The number of aromatic nitrogens is 2. The van der Waals surface area contributed by atoms with Crippen LogP contribution in [0.4, 0.5) is 13.2 Å². The second-order valence-electron chi connectivity index (χ2n) is 7.19. The maximum absolute atomic E-state index is 13.0. The third kappa shape index (κ3) is 3.78. The highest BCUT2D eigenvalue weighted by Gasteiger charge is 2.33. The van der Waals surface area contributed by atoms with E-state index in [0.29, 0.717) is 25.1 Å². The molecule has 9 heteroatoms. The second kappa shape index (κ2) is 7.29. The van der Waals surface area contributed by atoms with Gasteiger partial charge in [-0.25, -0.2) is 4.98 Å². The molecule has 0 saturated carbocycles. The Morgan fingerprint density at radius 3 is 2.83 bits per heavy atom. The average Bonchev–Trinajstić information content (AvgIpc) is 3.25. The summed E-state index contributed by atoms with van der Waals surface area (Å²) in [5.74, 6) is -1.08. The number of carbonyl (C=O) groups is 2. The lowest BCUT2D eigenvalue weighted by Crippen LogP contribution is -2.42. The van der Waals surface area contributed by atoms with Crippen LogP contribution in [-0.2, 0) is 6.18 Å². The van der Waals surface area contributed by atoms with Crippen molar-refractivity contribution < 1.29 is 22.8 Å². The minimum absolute atomic E-state index is 0.0299. The van der Waals surface area contributed by atoms with Crippen LogP contribution in [0.3, 0.4) is 0 Å². The maximum atomic E-state index is 13.0. The molecule has 0 radical (unpaired) electrons. The van der Waals surface area contributed by atoms with Crippen LogP contribution in [0.25, 0.3) is 4.96 Å². The number of thiazole rings is 1. The van der Waals surface area contributed by atoms with E-state index in [1.54, 1.807) is 20.9 Å². The van der Waals surface area contributed by atoms with Crippen molar-refractivity contribution in [2.75, 3.05) is 13.1 Å². The largest absolute Gasteiger partial charge is 0.416 e. The minimum Gasteiger partial charge on any atom is -0.337 e. The number of nitrogens with zero attached hydrogens (tertiary/aromatic N) is 3. The zero-order valence-electron chi connectivity index (χ0n) is 15.6. The van der Waals surface area contributed by atoms with Crippen LogP contribution in [0.1, 0.15) is 44.9 Å². The molecule has 1 aliphatic rings. The Hall–Kier alpha value is -2.68. The molecular formula is C20H18F3N3O2S. The van der Waals surface area contributed by atoms with E-state index in [4.69, 9.17) is 0 Å². The number of carbonyl (C=O) groups excluding carboxylic acids is 2. The zero-order valence-corrected chi connectivity index (χ0v) is 16.4. The number of halogens is 3. The van der Waals surface area contributed by atoms with Gasteiger partial charge in [-0.05, 0) is 31.9 Å². The van der Waals surface area contributed by atoms with Crippen molar-refractivity contribution >= 4 is 28.0 Å². The summed E-state index contributed by atoms with van der Waals surface area (Å²) in [4.78, 5) is 32.5. The second-order valence-corrected chi connectivity index (χ2v) is 8.03. The fourth-order valence-corrected chi connectivity index (χ4v) is 4.56. The highest BCUT2D eigenvalue weighted by molar-refractivity contribution is 7.15. The first-order valence-electron chi connectivity index (χ1n) is 9.18. The Balaban J connectivity index is 1.54. The number of fused-ring (bicyclic) bond motifs is 1. The van der Waals surface area contributed by atoms with Gasteiger partial charge in [0, 0.05) is 36.1 Å². The summed E-state index contributed by atoms with van der Waals surface area (Å²) in [6.45, 7) is 2.55. The van der Waals surface area contributed by atoms with Crippen LogP contribution in [0, 0.1) is 12.8 Å². The summed E-state index contributed by atoms with van der Waals surface area (Å²) in [7, 11) is 0. The molecule has 1 amide bonds. The van der Waals surface area contributed by atoms with Crippen LogP contribution >= 0.6 is 11.3 Å². The summed E-state index contributed by atoms with van der Waals surface area (Å²) < 4.78 is 40.6. The van der Waals surface area contributed by atoms with Gasteiger partial charge in [0.05, 0.1) is 11.3 Å². The number of alkyl halides is 3. The van der Waals surface area contributed by atoms with Crippen molar-refractivity contribution in [3.63, 3.8) is 0 Å². The van der Waals surface area contributed by atoms with Crippen molar-refractivity contribution in [2.24, 2.45) is 5.92 Å². The number of hydrogen-bond acceptors (Lipinski definition) is 4. The fraction of sp³-hybridized carbons (Fsp3) is 0.350. The Morgan fingerprint density at radius 2 is 2.07 bits per heavy atom. The van der Waals surface area contributed by atoms with Crippen LogP contribution < -0.4 is 0 Å². The van der Waals surface area contributed by atoms with Crippen LogP contribution in [0.15, 0.2) is 35.8 Å². The molecule has 29 heavy (non-hydrogen) atoms. The zero-order chi connectivity index (χ0) is 20.8. The normalized spacial score (nSPS) is 17.7. The molecule has 0 unspecified atom stereocenters. The highest BCUT2D eigenvalue weighted by atomic mass is 32.1. The lowest BCUT2D eigenvalue weighted by molar-refractivity contribution is -0.137. The number of imidazole rings is 1. The van der Waals surface area contributed by atoms with Gasteiger partial charge in [-0.2, -0.15) is 13.2 Å². The molecule has 0 bridgehead atoms. The van der Waals surface area contributed by atoms with Crippen LogP contribution in [-0.4, -0.2) is 39.1 Å². The molecule has 1 aromatic carbocycles. The topological polar surface area (TPSA) is 54.7 Å². The van der Waals surface area contributed by atoms with Crippen molar-refractivity contribution in [1.29, 1.82) is 0 Å². The van der Waals surface area contributed by atoms with Crippen molar-refractivity contribution in [1.82, 2.24) is 14.3 Å². The summed E-state index contributed by atoms with van der Waals surface area (Å²) in [6, 6.07) is 4.47. The number of rotatable bonds is 3. The first-order chi connectivity index (χ1) is 13.7. The quantitative estimate of drug-likeness (QED) is 0.587. The molecule has 1 saturated heterocycles. The number of Topliss-reactive ketones (excluding diaryl/α,β-unsaturated/α-hetero) is 1. The van der Waals surface area contributed by atoms with Gasteiger partial charge < -0.3 is 4.90 Å². The van der Waals surface area contributed by atoms with Gasteiger partial charge in [-0.1, -0.05) is 12.1 Å². The summed E-state index contributed by atoms with van der Waals surface area (Å²) in [6.07, 6.45) is -1.55. The Kier molecular flexibility index (Phi) is 4.94. The third-order valence-corrected chi connectivity index (χ3v) is 5.94. The number of hydrogen-bond donors (Lipinski definition) is 0. The van der Waals surface area contributed by atoms with Gasteiger partial charge >= 0.3 is 6.18 Å². The molecular weight excluding hydrogens is 403 g/mol. The van der Waals surface area contributed by atoms with E-state index in [-0.39, 0.29) is 23.8 Å². The number of aryl methyl sites for hydroxylation is 1. The minimum atomic E-state index is -4.50. The molecule has 0 spiro atoms. The Morgan fingerprint density at radius 1 is 1.28 bits per heavy atom. The highest BCUT2D eigenvalue weighted by Crippen LogP contribution is 2.31. The smallest absolute Gasteiger partial charge is 0.337 e. The van der Waals surface area contributed by atoms with Crippen LogP contribution in [0.2, 0.25) is 0 Å². The average molecular weight is 421 g/mol. The predicted octanol–water partition coefficient (Wildman–Crippen LogP) is 4.46. The van der Waals surface area contributed by atoms with E-state index in [1.807, 2.05) is 6.92 Å². The van der Waals surface area contributed by atoms with Gasteiger partial charge in [-0.3, -0.25) is 14.0 Å². The number of likely N-dealkylation sites (tertiary alicyclic amines) is 1. The van der Waals surface area contributed by atoms with E-state index in [0.717, 1.165) is 22.8 Å². The standard InChI is InChI=1S/C20H18F3N3O2S/c1-12-9-26-16(11-29-19(26)24-12)18(28)25-7-3-5-14(10-25)17(27)13-4-2-6-15(8-13)20(21,22)23/h2,4,6,8-9,11,14H,3,5,7,10H2,1H3/t14-/m0/s1. The van der Waals surface area contributed by atoms with Gasteiger partial charge in [0.15, 0.2) is 10.7 Å². The summed E-state index contributed by atoms with van der Waals surface area (Å²) >= 11 is 1.37. The summed E-state index contributed by atoms with van der Waals surface area (Å²) in [5.41, 5.74) is 0.477. The number of ketones is 1. The third-order valence-electron chi connectivity index (χ3n) is 5.10. The van der Waals surface area contributed by atoms with Gasteiger partial charge in [0.1, 0.15) is 5.69 Å². The van der Waals surface area contributed by atoms with Gasteiger partial charge in [0.2, 0.25) is 0 Å². The van der Waals surface area contributed by atoms with E-state index in [2.05, 4.69) is 4.98 Å². The van der Waals surface area contributed by atoms with Gasteiger partial charge in [0.25, 0.3) is 5.91 Å². The number of amides is 1. The van der Waals surface area contributed by atoms with E-state index in [1.165, 1.54) is 23.5 Å².